The molecule has 110 valence electrons. The van der Waals surface area contributed by atoms with E-state index in [4.69, 9.17) is 21.6 Å². The molecule has 0 atom stereocenters. The van der Waals surface area contributed by atoms with Gasteiger partial charge in [-0.3, -0.25) is 4.79 Å². The van der Waals surface area contributed by atoms with Crippen LogP contribution >= 0.6 is 11.6 Å². The molecule has 0 aromatic heterocycles. The van der Waals surface area contributed by atoms with Crippen molar-refractivity contribution in [2.45, 2.75) is 0 Å². The summed E-state index contributed by atoms with van der Waals surface area (Å²) in [4.78, 5) is 11.8. The van der Waals surface area contributed by atoms with Crippen molar-refractivity contribution in [3.63, 3.8) is 0 Å². The van der Waals surface area contributed by atoms with Gasteiger partial charge in [0.25, 0.3) is 5.91 Å². The number of carbonyl (C=O) groups is 1. The molecule has 1 amide bonds. The predicted octanol–water partition coefficient (Wildman–Crippen LogP) is 3.01. The Morgan fingerprint density at radius 2 is 1.91 bits per heavy atom. The molecule has 0 aliphatic heterocycles. The summed E-state index contributed by atoms with van der Waals surface area (Å²) in [5.74, 6) is 0.283. The van der Waals surface area contributed by atoms with Crippen LogP contribution < -0.4 is 10.2 Å². The van der Waals surface area contributed by atoms with Crippen LogP contribution in [0.25, 0.3) is 0 Å². The van der Waals surface area contributed by atoms with Gasteiger partial charge in [0.05, 0.1) is 6.21 Å². The zero-order chi connectivity index (χ0) is 15.8. The number of nitrogens with zero attached hydrogens (tertiary/aromatic N) is 2. The molecular weight excluding hydrogens is 302 g/mol. The third kappa shape index (κ3) is 4.62. The Kier molecular flexibility index (Phi) is 5.52. The quantitative estimate of drug-likeness (QED) is 0.681. The maximum Gasteiger partial charge on any atom is 0.271 e. The summed E-state index contributed by atoms with van der Waals surface area (Å²) >= 11 is 5.76. The molecule has 0 unspecified atom stereocenters. The Labute approximate surface area is 132 Å². The van der Waals surface area contributed by atoms with Gasteiger partial charge in [0.15, 0.2) is 6.61 Å². The lowest BCUT2D eigenvalue weighted by molar-refractivity contribution is 0.0955. The highest BCUT2D eigenvalue weighted by molar-refractivity contribution is 6.30. The van der Waals surface area contributed by atoms with Gasteiger partial charge in [0.1, 0.15) is 11.8 Å². The summed E-state index contributed by atoms with van der Waals surface area (Å²) in [6.45, 7) is 0.00455. The third-order valence-electron chi connectivity index (χ3n) is 2.67. The first-order chi connectivity index (χ1) is 10.7. The van der Waals surface area contributed by atoms with Crippen LogP contribution in [0.1, 0.15) is 15.9 Å². The summed E-state index contributed by atoms with van der Waals surface area (Å²) in [6, 6.07) is 15.4. The van der Waals surface area contributed by atoms with E-state index in [1.807, 2.05) is 6.07 Å². The third-order valence-corrected chi connectivity index (χ3v) is 2.92. The van der Waals surface area contributed by atoms with Gasteiger partial charge >= 0.3 is 0 Å². The first-order valence-electron chi connectivity index (χ1n) is 6.38. The van der Waals surface area contributed by atoms with E-state index in [0.717, 1.165) is 5.56 Å². The molecule has 2 aromatic rings. The van der Waals surface area contributed by atoms with E-state index in [9.17, 15) is 4.79 Å². The molecule has 6 heteroatoms. The summed E-state index contributed by atoms with van der Waals surface area (Å²) in [6.07, 6.45) is 1.52. The number of rotatable bonds is 5. The standard InChI is InChI=1S/C16H12ClN3O2/c17-14-5-3-13(4-6-14)16(21)20-19-11-12-1-7-15(8-2-12)22-10-9-18/h1-8,11H,10H2,(H,20,21)/b19-11+. The minimum atomic E-state index is -0.318. The van der Waals surface area contributed by atoms with E-state index in [1.54, 1.807) is 48.5 Å². The van der Waals surface area contributed by atoms with Gasteiger partial charge in [-0.25, -0.2) is 5.43 Å². The van der Waals surface area contributed by atoms with Gasteiger partial charge in [-0.15, -0.1) is 0 Å². The van der Waals surface area contributed by atoms with Gasteiger partial charge in [-0.2, -0.15) is 10.4 Å². The molecule has 22 heavy (non-hydrogen) atoms. The van der Waals surface area contributed by atoms with Crippen molar-refractivity contribution < 1.29 is 9.53 Å². The highest BCUT2D eigenvalue weighted by Crippen LogP contribution is 2.11. The molecule has 0 saturated carbocycles. The minimum Gasteiger partial charge on any atom is -0.479 e. The number of benzene rings is 2. The second-order valence-electron chi connectivity index (χ2n) is 4.22. The molecule has 2 aromatic carbocycles. The summed E-state index contributed by atoms with van der Waals surface area (Å²) in [7, 11) is 0. The fourth-order valence-electron chi connectivity index (χ4n) is 1.60. The highest BCUT2D eigenvalue weighted by Gasteiger charge is 2.02. The van der Waals surface area contributed by atoms with Gasteiger partial charge in [0, 0.05) is 10.6 Å². The van der Waals surface area contributed by atoms with Crippen LogP contribution in [-0.2, 0) is 0 Å². The SMILES string of the molecule is N#CCOc1ccc(/C=N/NC(=O)c2ccc(Cl)cc2)cc1. The van der Waals surface area contributed by atoms with Crippen LogP contribution in [0.15, 0.2) is 53.6 Å². The molecule has 0 fully saturated rings. The van der Waals surface area contributed by atoms with Crippen LogP contribution in [0.3, 0.4) is 0 Å². The molecule has 0 radical (unpaired) electrons. The fourth-order valence-corrected chi connectivity index (χ4v) is 1.72. The number of ether oxygens (including phenoxy) is 1. The van der Waals surface area contributed by atoms with E-state index < -0.39 is 0 Å². The van der Waals surface area contributed by atoms with Crippen molar-refractivity contribution in [1.82, 2.24) is 5.43 Å². The summed E-state index contributed by atoms with van der Waals surface area (Å²) < 4.78 is 5.13. The van der Waals surface area contributed by atoms with Crippen LogP contribution in [0.2, 0.25) is 5.02 Å². The van der Waals surface area contributed by atoms with Gasteiger partial charge in [-0.1, -0.05) is 11.6 Å². The van der Waals surface area contributed by atoms with Gasteiger partial charge in [0.2, 0.25) is 0 Å². The second-order valence-corrected chi connectivity index (χ2v) is 4.66. The average molecular weight is 314 g/mol. The van der Waals surface area contributed by atoms with Crippen molar-refractivity contribution in [2.75, 3.05) is 6.61 Å². The van der Waals surface area contributed by atoms with Crippen molar-refractivity contribution in [1.29, 1.82) is 5.26 Å². The number of nitrogens with one attached hydrogen (secondary N) is 1. The number of carbonyl (C=O) groups excluding carboxylic acids is 1. The number of nitriles is 1. The van der Waals surface area contributed by atoms with E-state index in [-0.39, 0.29) is 12.5 Å². The lowest BCUT2D eigenvalue weighted by atomic mass is 10.2. The first kappa shape index (κ1) is 15.5. The molecule has 2 rings (SSSR count). The number of amides is 1. The van der Waals surface area contributed by atoms with E-state index >= 15 is 0 Å². The molecule has 0 saturated heterocycles. The van der Waals surface area contributed by atoms with Crippen LogP contribution in [0.5, 0.6) is 5.75 Å². The average Bonchev–Trinajstić information content (AvgIpc) is 2.54. The Morgan fingerprint density at radius 1 is 1.23 bits per heavy atom. The molecular formula is C16H12ClN3O2. The van der Waals surface area contributed by atoms with Crippen LogP contribution in [0.4, 0.5) is 0 Å². The smallest absolute Gasteiger partial charge is 0.271 e. The molecule has 5 nitrogen and oxygen atoms in total. The summed E-state index contributed by atoms with van der Waals surface area (Å²) in [5, 5.41) is 12.9. The Morgan fingerprint density at radius 3 is 2.55 bits per heavy atom. The second kappa shape index (κ2) is 7.81. The molecule has 0 heterocycles. The van der Waals surface area contributed by atoms with Crippen LogP contribution in [0, 0.1) is 11.3 Å². The van der Waals surface area contributed by atoms with Crippen molar-refractivity contribution in [3.8, 4) is 11.8 Å². The molecule has 0 aliphatic rings. The lowest BCUT2D eigenvalue weighted by Gasteiger charge is -2.01. The highest BCUT2D eigenvalue weighted by atomic mass is 35.5. The molecule has 0 spiro atoms. The van der Waals surface area contributed by atoms with Crippen molar-refractivity contribution in [2.24, 2.45) is 5.10 Å². The zero-order valence-electron chi connectivity index (χ0n) is 11.5. The van der Waals surface area contributed by atoms with Gasteiger partial charge in [-0.05, 0) is 54.1 Å². The minimum absolute atomic E-state index is 0.00455. The number of hydrogen-bond acceptors (Lipinski definition) is 4. The predicted molar refractivity (Wildman–Crippen MR) is 84.1 cm³/mol. The zero-order valence-corrected chi connectivity index (χ0v) is 12.2. The molecule has 0 aliphatic carbocycles. The number of hydrogen-bond donors (Lipinski definition) is 1. The Hall–Kier alpha value is -2.84. The normalized spacial score (nSPS) is 10.2. The maximum atomic E-state index is 11.8. The maximum absolute atomic E-state index is 11.8. The topological polar surface area (TPSA) is 74.5 Å². The molecule has 1 N–H and O–H groups in total. The van der Waals surface area contributed by atoms with E-state index in [0.29, 0.717) is 16.3 Å². The largest absolute Gasteiger partial charge is 0.479 e. The molecule has 0 bridgehead atoms. The first-order valence-corrected chi connectivity index (χ1v) is 6.75. The fraction of sp³-hybridized carbons (Fsp3) is 0.0625. The van der Waals surface area contributed by atoms with E-state index in [2.05, 4.69) is 10.5 Å². The van der Waals surface area contributed by atoms with Gasteiger partial charge < -0.3 is 4.74 Å². The summed E-state index contributed by atoms with van der Waals surface area (Å²) in [5.41, 5.74) is 3.70. The Bertz CT molecular complexity index is 704. The number of hydrazone groups is 1. The van der Waals surface area contributed by atoms with E-state index in [1.165, 1.54) is 6.21 Å². The number of halogens is 1. The van der Waals surface area contributed by atoms with Crippen LogP contribution in [-0.4, -0.2) is 18.7 Å². The monoisotopic (exact) mass is 313 g/mol. The van der Waals surface area contributed by atoms with Crippen molar-refractivity contribution in [3.05, 3.63) is 64.7 Å². The lowest BCUT2D eigenvalue weighted by Crippen LogP contribution is -2.17. The Balaban J connectivity index is 1.90. The van der Waals surface area contributed by atoms with Crippen molar-refractivity contribution >= 4 is 23.7 Å².